The van der Waals surface area contributed by atoms with E-state index in [1.165, 1.54) is 25.7 Å². The molecule has 0 amide bonds. The second-order valence-electron chi connectivity index (χ2n) is 4.90. The highest BCUT2D eigenvalue weighted by molar-refractivity contribution is 7.60. The van der Waals surface area contributed by atoms with Gasteiger partial charge in [0.1, 0.15) is 0 Å². The third-order valence-corrected chi connectivity index (χ3v) is 4.34. The quantitative estimate of drug-likeness (QED) is 0.533. The van der Waals surface area contributed by atoms with E-state index in [-0.39, 0.29) is 0 Å². The van der Waals surface area contributed by atoms with Gasteiger partial charge < -0.3 is 0 Å². The van der Waals surface area contributed by atoms with Gasteiger partial charge in [0, 0.05) is 12.2 Å². The van der Waals surface area contributed by atoms with Gasteiger partial charge in [0.05, 0.1) is 0 Å². The van der Waals surface area contributed by atoms with Gasteiger partial charge >= 0.3 is 7.59 Å². The van der Waals surface area contributed by atoms with Crippen molar-refractivity contribution in [1.82, 2.24) is 0 Å². The molecule has 0 atom stereocenters. The number of benzene rings is 1. The Bertz CT molecular complexity index is 391. The molecule has 4 nitrogen and oxygen atoms in total. The lowest BCUT2D eigenvalue weighted by molar-refractivity contribution is 0.567. The fourth-order valence-corrected chi connectivity index (χ4v) is 3.06. The lowest BCUT2D eigenvalue weighted by Crippen LogP contribution is -2.29. The van der Waals surface area contributed by atoms with E-state index in [0.717, 1.165) is 18.5 Å². The summed E-state index contributed by atoms with van der Waals surface area (Å²) in [6.45, 7) is 2.86. The third-order valence-electron chi connectivity index (χ3n) is 3.16. The molecule has 0 spiro atoms. The molecule has 0 aliphatic rings. The van der Waals surface area contributed by atoms with Crippen LogP contribution in [0.5, 0.6) is 0 Å². The molecule has 0 aliphatic carbocycles. The van der Waals surface area contributed by atoms with Crippen molar-refractivity contribution >= 4 is 13.3 Å². The van der Waals surface area contributed by atoms with E-state index in [2.05, 4.69) is 6.92 Å². The molecule has 0 aromatic heterocycles. The van der Waals surface area contributed by atoms with Crippen LogP contribution in [0.4, 0.5) is 5.69 Å². The molecule has 0 aliphatic heterocycles. The molecule has 0 bridgehead atoms. The normalized spacial score (nSPS) is 11.5. The molecule has 1 aromatic carbocycles. The first-order valence-electron chi connectivity index (χ1n) is 7.06. The SMILES string of the molecule is CCCCCCCCN(c1ccccc1)P(N)(N)=O. The minimum absolute atomic E-state index is 0.653. The molecule has 0 fully saturated rings. The van der Waals surface area contributed by atoms with Gasteiger partial charge in [-0.3, -0.25) is 20.2 Å². The van der Waals surface area contributed by atoms with E-state index in [9.17, 15) is 4.57 Å². The number of hydrogen-bond donors (Lipinski definition) is 2. The van der Waals surface area contributed by atoms with Gasteiger partial charge in [-0.1, -0.05) is 57.2 Å². The lowest BCUT2D eigenvalue weighted by atomic mass is 10.1. The smallest absolute Gasteiger partial charge is 0.300 e. The lowest BCUT2D eigenvalue weighted by Gasteiger charge is -2.27. The molecular formula is C14H26N3OP. The molecule has 0 unspecified atom stereocenters. The Balaban J connectivity index is 2.47. The summed E-state index contributed by atoms with van der Waals surface area (Å²) in [7, 11) is -3.23. The monoisotopic (exact) mass is 283 g/mol. The fourth-order valence-electron chi connectivity index (χ4n) is 2.11. The van der Waals surface area contributed by atoms with Crippen LogP contribution >= 0.6 is 7.59 Å². The van der Waals surface area contributed by atoms with Gasteiger partial charge in [0.2, 0.25) is 0 Å². The maximum atomic E-state index is 12.0. The molecule has 5 heteroatoms. The van der Waals surface area contributed by atoms with Crippen LogP contribution in [0.15, 0.2) is 30.3 Å². The van der Waals surface area contributed by atoms with Crippen LogP contribution in [0.1, 0.15) is 45.4 Å². The number of hydrogen-bond acceptors (Lipinski definition) is 1. The fraction of sp³-hybridized carbons (Fsp3) is 0.571. The minimum atomic E-state index is -3.23. The van der Waals surface area contributed by atoms with Crippen molar-refractivity contribution in [2.75, 3.05) is 11.2 Å². The van der Waals surface area contributed by atoms with Crippen molar-refractivity contribution in [2.45, 2.75) is 45.4 Å². The van der Waals surface area contributed by atoms with E-state index in [1.54, 1.807) is 4.67 Å². The predicted octanol–water partition coefficient (Wildman–Crippen LogP) is 3.88. The summed E-state index contributed by atoms with van der Waals surface area (Å²) in [6.07, 6.45) is 7.12. The first-order valence-corrected chi connectivity index (χ1v) is 8.85. The highest BCUT2D eigenvalue weighted by Crippen LogP contribution is 2.37. The summed E-state index contributed by atoms with van der Waals surface area (Å²) in [6, 6.07) is 9.51. The van der Waals surface area contributed by atoms with Gasteiger partial charge in [0.25, 0.3) is 0 Å². The standard InChI is InChI=1S/C14H26N3OP/c1-2-3-4-5-6-10-13-17(19(15,16)18)14-11-8-7-9-12-14/h7-9,11-12H,2-6,10,13H2,1H3,(H4,15,16,18). The average Bonchev–Trinajstić information content (AvgIpc) is 2.37. The van der Waals surface area contributed by atoms with E-state index in [4.69, 9.17) is 11.0 Å². The first kappa shape index (κ1) is 16.2. The average molecular weight is 283 g/mol. The molecule has 0 saturated heterocycles. The summed E-state index contributed by atoms with van der Waals surface area (Å²) in [4.78, 5) is 0. The molecule has 0 radical (unpaired) electrons. The van der Waals surface area contributed by atoms with Crippen molar-refractivity contribution in [3.8, 4) is 0 Å². The van der Waals surface area contributed by atoms with Crippen LogP contribution in [0.2, 0.25) is 0 Å². The summed E-state index contributed by atoms with van der Waals surface area (Å²) in [5.41, 5.74) is 12.1. The Kier molecular flexibility index (Phi) is 7.14. The van der Waals surface area contributed by atoms with Crippen molar-refractivity contribution < 1.29 is 4.57 Å². The van der Waals surface area contributed by atoms with E-state index < -0.39 is 7.59 Å². The zero-order valence-corrected chi connectivity index (χ0v) is 12.7. The molecule has 0 heterocycles. The Morgan fingerprint density at radius 1 is 1.00 bits per heavy atom. The summed E-state index contributed by atoms with van der Waals surface area (Å²) in [5, 5.41) is 0. The van der Waals surface area contributed by atoms with Crippen LogP contribution in [-0.4, -0.2) is 6.54 Å². The van der Waals surface area contributed by atoms with Crippen LogP contribution < -0.4 is 15.7 Å². The van der Waals surface area contributed by atoms with Crippen molar-refractivity contribution in [2.24, 2.45) is 11.0 Å². The maximum Gasteiger partial charge on any atom is 0.300 e. The van der Waals surface area contributed by atoms with Crippen LogP contribution in [0, 0.1) is 0 Å². The van der Waals surface area contributed by atoms with Crippen molar-refractivity contribution in [3.63, 3.8) is 0 Å². The predicted molar refractivity (Wildman–Crippen MR) is 83.1 cm³/mol. The van der Waals surface area contributed by atoms with Crippen molar-refractivity contribution in [1.29, 1.82) is 0 Å². The van der Waals surface area contributed by atoms with Crippen molar-refractivity contribution in [3.05, 3.63) is 30.3 Å². The van der Waals surface area contributed by atoms with Gasteiger partial charge in [-0.15, -0.1) is 0 Å². The zero-order chi connectivity index (χ0) is 14.1. The summed E-state index contributed by atoms with van der Waals surface area (Å²) < 4.78 is 13.6. The Labute approximate surface area is 116 Å². The Morgan fingerprint density at radius 3 is 2.16 bits per heavy atom. The number of para-hydroxylation sites is 1. The maximum absolute atomic E-state index is 12.0. The number of anilines is 1. The molecule has 1 aromatic rings. The molecule has 19 heavy (non-hydrogen) atoms. The van der Waals surface area contributed by atoms with Crippen LogP contribution in [0.25, 0.3) is 0 Å². The number of nitrogens with two attached hydrogens (primary N) is 2. The molecule has 4 N–H and O–H groups in total. The first-order chi connectivity index (χ1) is 9.05. The van der Waals surface area contributed by atoms with Gasteiger partial charge in [-0.2, -0.15) is 0 Å². The van der Waals surface area contributed by atoms with E-state index in [1.807, 2.05) is 30.3 Å². The Morgan fingerprint density at radius 2 is 1.58 bits per heavy atom. The number of unbranched alkanes of at least 4 members (excludes halogenated alkanes) is 5. The minimum Gasteiger partial charge on any atom is -0.300 e. The summed E-state index contributed by atoms with van der Waals surface area (Å²) >= 11 is 0. The van der Waals surface area contributed by atoms with E-state index in [0.29, 0.717) is 6.54 Å². The molecule has 108 valence electrons. The zero-order valence-electron chi connectivity index (χ0n) is 11.8. The van der Waals surface area contributed by atoms with E-state index >= 15 is 0 Å². The van der Waals surface area contributed by atoms with Gasteiger partial charge in [-0.25, -0.2) is 0 Å². The van der Waals surface area contributed by atoms with Crippen LogP contribution in [0.3, 0.4) is 0 Å². The molecular weight excluding hydrogens is 257 g/mol. The van der Waals surface area contributed by atoms with Gasteiger partial charge in [-0.05, 0) is 18.6 Å². The Hall–Kier alpha value is -0.830. The third kappa shape index (κ3) is 6.24. The molecule has 1 rings (SSSR count). The molecule has 0 saturated carbocycles. The largest absolute Gasteiger partial charge is 0.300 e. The van der Waals surface area contributed by atoms with Crippen LogP contribution in [-0.2, 0) is 4.57 Å². The number of nitrogens with zero attached hydrogens (tertiary/aromatic N) is 1. The highest BCUT2D eigenvalue weighted by Gasteiger charge is 2.20. The second kappa shape index (κ2) is 8.36. The topological polar surface area (TPSA) is 72.3 Å². The summed E-state index contributed by atoms with van der Waals surface area (Å²) in [5.74, 6) is 0. The van der Waals surface area contributed by atoms with Gasteiger partial charge in [0.15, 0.2) is 0 Å². The second-order valence-corrected chi connectivity index (χ2v) is 6.73. The number of rotatable bonds is 9. The highest BCUT2D eigenvalue weighted by atomic mass is 31.2.